The number of thioether (sulfide) groups is 1. The first-order valence-electron chi connectivity index (χ1n) is 7.33. The van der Waals surface area contributed by atoms with Crippen LogP contribution in [0, 0.1) is 0 Å². The molecule has 3 N–H and O–H groups in total. The van der Waals surface area contributed by atoms with Gasteiger partial charge >= 0.3 is 5.69 Å². The van der Waals surface area contributed by atoms with Crippen LogP contribution < -0.4 is 21.6 Å². The number of rotatable bonds is 6. The molecule has 0 saturated heterocycles. The lowest BCUT2D eigenvalue weighted by atomic mass is 10.2. The molecule has 0 aliphatic carbocycles. The molecule has 1 aromatic heterocycles. The van der Waals surface area contributed by atoms with E-state index in [2.05, 4.69) is 20.7 Å². The molecule has 0 radical (unpaired) electrons. The largest absolute Gasteiger partial charge is 0.378 e. The van der Waals surface area contributed by atoms with Crippen molar-refractivity contribution in [2.75, 3.05) is 19.0 Å². The quantitative estimate of drug-likeness (QED) is 0.382. The number of anilines is 1. The number of amides is 1. The maximum atomic E-state index is 12.0. The molecule has 0 aliphatic heterocycles. The van der Waals surface area contributed by atoms with Gasteiger partial charge < -0.3 is 4.90 Å². The number of carbonyl (C=O) groups excluding carboxylic acids is 1. The molecule has 132 valence electrons. The molecule has 0 aliphatic rings. The third kappa shape index (κ3) is 5.31. The number of benzene rings is 1. The average molecular weight is 362 g/mol. The number of aromatic nitrogens is 3. The van der Waals surface area contributed by atoms with Crippen molar-refractivity contribution in [3.8, 4) is 0 Å². The van der Waals surface area contributed by atoms with Crippen LogP contribution in [0.5, 0.6) is 0 Å². The van der Waals surface area contributed by atoms with Crippen LogP contribution in [0.4, 0.5) is 5.69 Å². The Morgan fingerprint density at radius 1 is 1.32 bits per heavy atom. The number of aromatic amines is 2. The van der Waals surface area contributed by atoms with E-state index in [-0.39, 0.29) is 5.03 Å². The molecule has 2 aromatic rings. The highest BCUT2D eigenvalue weighted by Gasteiger charge is 2.16. The minimum absolute atomic E-state index is 0.00510. The van der Waals surface area contributed by atoms with Crippen molar-refractivity contribution in [3.63, 3.8) is 0 Å². The third-order valence-corrected chi connectivity index (χ3v) is 4.20. The molecule has 1 atom stereocenters. The molecule has 25 heavy (non-hydrogen) atoms. The molecule has 0 bridgehead atoms. The molecule has 0 saturated carbocycles. The van der Waals surface area contributed by atoms with E-state index < -0.39 is 22.4 Å². The van der Waals surface area contributed by atoms with Crippen molar-refractivity contribution in [2.24, 2.45) is 5.10 Å². The smallest absolute Gasteiger partial charge is 0.342 e. The minimum Gasteiger partial charge on any atom is -0.378 e. The zero-order chi connectivity index (χ0) is 18.4. The Morgan fingerprint density at radius 3 is 2.60 bits per heavy atom. The van der Waals surface area contributed by atoms with Crippen molar-refractivity contribution < 1.29 is 4.79 Å². The fourth-order valence-corrected chi connectivity index (χ4v) is 2.51. The molecule has 10 heteroatoms. The Hall–Kier alpha value is -2.88. The number of hydrazone groups is 1. The summed E-state index contributed by atoms with van der Waals surface area (Å²) in [5.74, 6) is -0.390. The second kappa shape index (κ2) is 8.29. The third-order valence-electron chi connectivity index (χ3n) is 3.14. The second-order valence-corrected chi connectivity index (χ2v) is 6.62. The van der Waals surface area contributed by atoms with Crippen LogP contribution in [0.25, 0.3) is 0 Å². The Balaban J connectivity index is 1.92. The summed E-state index contributed by atoms with van der Waals surface area (Å²) < 4.78 is 0. The van der Waals surface area contributed by atoms with Gasteiger partial charge in [0.1, 0.15) is 0 Å². The summed E-state index contributed by atoms with van der Waals surface area (Å²) in [5, 5.41) is 9.01. The van der Waals surface area contributed by atoms with Gasteiger partial charge in [0.05, 0.1) is 11.5 Å². The van der Waals surface area contributed by atoms with Gasteiger partial charge in [-0.3, -0.25) is 14.6 Å². The predicted molar refractivity (Wildman–Crippen MR) is 97.3 cm³/mol. The van der Waals surface area contributed by atoms with Crippen molar-refractivity contribution in [3.05, 3.63) is 50.7 Å². The fraction of sp³-hybridized carbons (Fsp3) is 0.267. The fourth-order valence-electron chi connectivity index (χ4n) is 1.76. The van der Waals surface area contributed by atoms with Gasteiger partial charge in [-0.2, -0.15) is 10.2 Å². The molecular formula is C15H18N6O3S. The van der Waals surface area contributed by atoms with Gasteiger partial charge in [-0.25, -0.2) is 15.3 Å². The first-order chi connectivity index (χ1) is 11.9. The molecule has 1 unspecified atom stereocenters. The van der Waals surface area contributed by atoms with Gasteiger partial charge in [-0.15, -0.1) is 0 Å². The molecule has 2 rings (SSSR count). The molecule has 1 aromatic carbocycles. The highest BCUT2D eigenvalue weighted by Crippen LogP contribution is 2.16. The van der Waals surface area contributed by atoms with Gasteiger partial charge in [0.15, 0.2) is 5.03 Å². The van der Waals surface area contributed by atoms with Crippen molar-refractivity contribution >= 4 is 29.6 Å². The number of hydrogen-bond donors (Lipinski definition) is 3. The normalized spacial score (nSPS) is 12.1. The predicted octanol–water partition coefficient (Wildman–Crippen LogP) is 0.155. The average Bonchev–Trinajstić information content (AvgIpc) is 2.57. The van der Waals surface area contributed by atoms with Crippen molar-refractivity contribution in [2.45, 2.75) is 17.2 Å². The van der Waals surface area contributed by atoms with E-state index in [4.69, 9.17) is 0 Å². The number of hydrogen-bond acceptors (Lipinski definition) is 7. The lowest BCUT2D eigenvalue weighted by Gasteiger charge is -2.11. The van der Waals surface area contributed by atoms with Gasteiger partial charge in [0.25, 0.3) is 11.5 Å². The van der Waals surface area contributed by atoms with Gasteiger partial charge in [-0.1, -0.05) is 23.9 Å². The Bertz CT molecular complexity index is 872. The van der Waals surface area contributed by atoms with Crippen LogP contribution in [0.1, 0.15) is 12.5 Å². The van der Waals surface area contributed by atoms with Crippen LogP contribution in [-0.2, 0) is 4.79 Å². The van der Waals surface area contributed by atoms with Crippen LogP contribution in [0.2, 0.25) is 0 Å². The van der Waals surface area contributed by atoms with Crippen LogP contribution in [0.15, 0.2) is 44.0 Å². The van der Waals surface area contributed by atoms with E-state index in [9.17, 15) is 14.4 Å². The number of nitrogens with zero attached hydrogens (tertiary/aromatic N) is 3. The zero-order valence-electron chi connectivity index (χ0n) is 13.9. The molecule has 9 nitrogen and oxygen atoms in total. The highest BCUT2D eigenvalue weighted by atomic mass is 32.2. The molecule has 1 amide bonds. The highest BCUT2D eigenvalue weighted by molar-refractivity contribution is 8.00. The maximum absolute atomic E-state index is 12.0. The topological polar surface area (TPSA) is 123 Å². The SMILES string of the molecule is CC(Sc1n[nH]c(=O)[nH]c1=O)C(=O)N/N=C/c1ccc(N(C)C)cc1. The van der Waals surface area contributed by atoms with Crippen LogP contribution >= 0.6 is 11.8 Å². The summed E-state index contributed by atoms with van der Waals surface area (Å²) in [5.41, 5.74) is 2.97. The summed E-state index contributed by atoms with van der Waals surface area (Å²) >= 11 is 0.922. The monoisotopic (exact) mass is 362 g/mol. The van der Waals surface area contributed by atoms with E-state index in [1.54, 1.807) is 6.92 Å². The van der Waals surface area contributed by atoms with E-state index in [1.807, 2.05) is 48.2 Å². The first-order valence-corrected chi connectivity index (χ1v) is 8.20. The van der Waals surface area contributed by atoms with E-state index in [1.165, 1.54) is 6.21 Å². The maximum Gasteiger partial charge on any atom is 0.342 e. The number of nitrogens with one attached hydrogen (secondary N) is 3. The lowest BCUT2D eigenvalue weighted by molar-refractivity contribution is -0.120. The van der Waals surface area contributed by atoms with Gasteiger partial charge in [-0.05, 0) is 24.6 Å². The summed E-state index contributed by atoms with van der Waals surface area (Å²) in [6.07, 6.45) is 1.53. The zero-order valence-corrected chi connectivity index (χ0v) is 14.8. The van der Waals surface area contributed by atoms with Crippen LogP contribution in [-0.4, -0.2) is 46.6 Å². The van der Waals surface area contributed by atoms with Gasteiger partial charge in [0, 0.05) is 19.8 Å². The van der Waals surface area contributed by atoms with E-state index in [0.29, 0.717) is 0 Å². The lowest BCUT2D eigenvalue weighted by Crippen LogP contribution is -2.30. The summed E-state index contributed by atoms with van der Waals surface area (Å²) in [7, 11) is 3.90. The summed E-state index contributed by atoms with van der Waals surface area (Å²) in [6.45, 7) is 1.60. The van der Waals surface area contributed by atoms with Crippen molar-refractivity contribution in [1.82, 2.24) is 20.6 Å². The Kier molecular flexibility index (Phi) is 6.12. The van der Waals surface area contributed by atoms with Crippen molar-refractivity contribution in [1.29, 1.82) is 0 Å². The van der Waals surface area contributed by atoms with E-state index >= 15 is 0 Å². The summed E-state index contributed by atoms with van der Waals surface area (Å²) in [6, 6.07) is 7.64. The standard InChI is InChI=1S/C15H18N6O3S/c1-9(25-14-13(23)17-15(24)20-19-14)12(22)18-16-8-10-4-6-11(7-5-10)21(2)3/h4-9H,1-3H3,(H,18,22)(H2,17,20,23,24)/b16-8+. The molecule has 0 spiro atoms. The Labute approximate surface area is 147 Å². The van der Waals surface area contributed by atoms with E-state index in [0.717, 1.165) is 23.0 Å². The number of H-pyrrole nitrogens is 2. The molecular weight excluding hydrogens is 344 g/mol. The molecule has 1 heterocycles. The van der Waals surface area contributed by atoms with Crippen LogP contribution in [0.3, 0.4) is 0 Å². The first kappa shape index (κ1) is 18.5. The molecule has 0 fully saturated rings. The number of carbonyl (C=O) groups is 1. The second-order valence-electron chi connectivity index (χ2n) is 5.29. The summed E-state index contributed by atoms with van der Waals surface area (Å²) in [4.78, 5) is 38.5. The Morgan fingerprint density at radius 2 is 2.00 bits per heavy atom. The minimum atomic E-state index is -0.698. The van der Waals surface area contributed by atoms with Gasteiger partial charge in [0.2, 0.25) is 0 Å².